The van der Waals surface area contributed by atoms with Crippen LogP contribution < -0.4 is 10.6 Å². The lowest BCUT2D eigenvalue weighted by Crippen LogP contribution is -2.50. The number of piperazine rings is 1. The third-order valence-corrected chi connectivity index (χ3v) is 7.01. The first-order valence-electron chi connectivity index (χ1n) is 11.7. The maximum absolute atomic E-state index is 6.60. The fourth-order valence-corrected chi connectivity index (χ4v) is 4.90. The fourth-order valence-electron chi connectivity index (χ4n) is 4.90. The summed E-state index contributed by atoms with van der Waals surface area (Å²) < 4.78 is 5.51. The van der Waals surface area contributed by atoms with Gasteiger partial charge in [0.2, 0.25) is 0 Å². The molecule has 0 bridgehead atoms. The summed E-state index contributed by atoms with van der Waals surface area (Å²) >= 11 is 0. The number of aryl methyl sites for hydroxylation is 2. The smallest absolute Gasteiger partial charge is 0.0642 e. The molecule has 2 aliphatic rings. The van der Waals surface area contributed by atoms with Crippen LogP contribution in [0.2, 0.25) is 0 Å². The first-order chi connectivity index (χ1) is 14.9. The highest BCUT2D eigenvalue weighted by molar-refractivity contribution is 5.69. The van der Waals surface area contributed by atoms with Gasteiger partial charge >= 0.3 is 0 Å². The van der Waals surface area contributed by atoms with Crippen molar-refractivity contribution in [2.45, 2.75) is 39.8 Å². The van der Waals surface area contributed by atoms with Crippen LogP contribution in [-0.4, -0.2) is 68.3 Å². The van der Waals surface area contributed by atoms with Crippen molar-refractivity contribution in [3.8, 4) is 0 Å². The van der Waals surface area contributed by atoms with Gasteiger partial charge in [0.1, 0.15) is 0 Å². The fraction of sp³-hybridized carbons (Fsp3) is 0.538. The second kappa shape index (κ2) is 9.60. The van der Waals surface area contributed by atoms with Crippen molar-refractivity contribution < 1.29 is 4.74 Å². The lowest BCUT2D eigenvalue weighted by molar-refractivity contribution is 0.0892. The number of hydrogen-bond acceptors (Lipinski definition) is 5. The van der Waals surface area contributed by atoms with Gasteiger partial charge in [-0.1, -0.05) is 24.3 Å². The first kappa shape index (κ1) is 22.1. The first-order valence-corrected chi connectivity index (χ1v) is 11.7. The topological polar surface area (TPSA) is 45.0 Å². The van der Waals surface area contributed by atoms with Crippen LogP contribution in [0.25, 0.3) is 0 Å². The average molecular weight is 423 g/mol. The Morgan fingerprint density at radius 2 is 1.39 bits per heavy atom. The van der Waals surface area contributed by atoms with Crippen LogP contribution in [0.5, 0.6) is 0 Å². The molecule has 2 fully saturated rings. The van der Waals surface area contributed by atoms with E-state index in [-0.39, 0.29) is 6.04 Å². The largest absolute Gasteiger partial charge is 0.397 e. The summed E-state index contributed by atoms with van der Waals surface area (Å²) in [5.41, 5.74) is 13.9. The number of hydrogen-bond donors (Lipinski definition) is 1. The van der Waals surface area contributed by atoms with Gasteiger partial charge in [0.25, 0.3) is 0 Å². The molecule has 31 heavy (non-hydrogen) atoms. The molecule has 4 rings (SSSR count). The number of nitrogens with zero attached hydrogens (tertiary/aromatic N) is 3. The summed E-state index contributed by atoms with van der Waals surface area (Å²) in [6.07, 6.45) is 0. The predicted molar refractivity (Wildman–Crippen MR) is 130 cm³/mol. The number of nitrogens with two attached hydrogens (primary N) is 1. The second-order valence-electron chi connectivity index (χ2n) is 9.33. The van der Waals surface area contributed by atoms with E-state index in [9.17, 15) is 0 Å². The van der Waals surface area contributed by atoms with Crippen molar-refractivity contribution in [1.82, 2.24) is 9.80 Å². The number of rotatable bonds is 5. The third kappa shape index (κ3) is 4.89. The van der Waals surface area contributed by atoms with Crippen molar-refractivity contribution in [2.24, 2.45) is 0 Å². The molecule has 1 unspecified atom stereocenters. The summed E-state index contributed by atoms with van der Waals surface area (Å²) in [6, 6.07) is 14.5. The number of nitrogen functional groups attached to an aromatic ring is 1. The molecule has 2 saturated heterocycles. The maximum atomic E-state index is 6.60. The van der Waals surface area contributed by atoms with Crippen molar-refractivity contribution in [3.05, 3.63) is 58.7 Å². The monoisotopic (exact) mass is 422 g/mol. The molecule has 2 aromatic carbocycles. The Morgan fingerprint density at radius 3 is 2.00 bits per heavy atom. The lowest BCUT2D eigenvalue weighted by Gasteiger charge is -2.41. The van der Waals surface area contributed by atoms with Crippen LogP contribution >= 0.6 is 0 Å². The van der Waals surface area contributed by atoms with Crippen LogP contribution in [0.15, 0.2) is 36.4 Å². The van der Waals surface area contributed by atoms with E-state index in [0.29, 0.717) is 6.04 Å². The van der Waals surface area contributed by atoms with Crippen molar-refractivity contribution in [1.29, 1.82) is 0 Å². The molecule has 2 aromatic rings. The Labute approximate surface area is 187 Å². The SMILES string of the molecule is Cc1ccc(C(c2ccc(N3CCOCC3)c(N)c2)N2CCN(C(C)C)CC2)cc1C. The van der Waals surface area contributed by atoms with Gasteiger partial charge in [-0.3, -0.25) is 9.80 Å². The van der Waals surface area contributed by atoms with E-state index >= 15 is 0 Å². The molecule has 2 aliphatic heterocycles. The Bertz CT molecular complexity index is 883. The molecule has 0 aromatic heterocycles. The molecular formula is C26H38N4O. The minimum Gasteiger partial charge on any atom is -0.397 e. The van der Waals surface area contributed by atoms with Crippen LogP contribution in [0, 0.1) is 13.8 Å². The predicted octanol–water partition coefficient (Wildman–Crippen LogP) is 3.84. The second-order valence-corrected chi connectivity index (χ2v) is 9.33. The van der Waals surface area contributed by atoms with Gasteiger partial charge in [-0.2, -0.15) is 0 Å². The zero-order valence-electron chi connectivity index (χ0n) is 19.6. The summed E-state index contributed by atoms with van der Waals surface area (Å²) in [4.78, 5) is 7.55. The van der Waals surface area contributed by atoms with E-state index in [4.69, 9.17) is 10.5 Å². The number of benzene rings is 2. The van der Waals surface area contributed by atoms with Crippen LogP contribution in [0.1, 0.15) is 42.1 Å². The quantitative estimate of drug-likeness (QED) is 0.742. The highest BCUT2D eigenvalue weighted by Crippen LogP contribution is 2.35. The molecule has 5 heteroatoms. The molecule has 2 heterocycles. The molecule has 5 nitrogen and oxygen atoms in total. The van der Waals surface area contributed by atoms with Gasteiger partial charge in [0.15, 0.2) is 0 Å². The lowest BCUT2D eigenvalue weighted by atomic mass is 9.93. The van der Waals surface area contributed by atoms with E-state index in [1.54, 1.807) is 0 Å². The zero-order chi connectivity index (χ0) is 22.0. The minimum absolute atomic E-state index is 0.231. The molecule has 0 amide bonds. The maximum Gasteiger partial charge on any atom is 0.0642 e. The van der Waals surface area contributed by atoms with Crippen molar-refractivity contribution in [3.63, 3.8) is 0 Å². The van der Waals surface area contributed by atoms with Gasteiger partial charge in [-0.25, -0.2) is 0 Å². The molecule has 0 saturated carbocycles. The number of anilines is 2. The Kier molecular flexibility index (Phi) is 6.85. The Morgan fingerprint density at radius 1 is 0.774 bits per heavy atom. The number of morpholine rings is 1. The highest BCUT2D eigenvalue weighted by Gasteiger charge is 2.28. The van der Waals surface area contributed by atoms with E-state index in [1.807, 2.05) is 0 Å². The Hall–Kier alpha value is -2.08. The molecule has 0 radical (unpaired) electrons. The zero-order valence-corrected chi connectivity index (χ0v) is 19.6. The summed E-state index contributed by atoms with van der Waals surface area (Å²) in [5.74, 6) is 0. The van der Waals surface area contributed by atoms with Gasteiger partial charge in [-0.15, -0.1) is 0 Å². The van der Waals surface area contributed by atoms with Gasteiger partial charge in [-0.05, 0) is 62.1 Å². The van der Waals surface area contributed by atoms with E-state index < -0.39 is 0 Å². The third-order valence-electron chi connectivity index (χ3n) is 7.01. The number of ether oxygens (including phenoxy) is 1. The van der Waals surface area contributed by atoms with E-state index in [1.165, 1.54) is 22.3 Å². The van der Waals surface area contributed by atoms with Crippen LogP contribution in [0.4, 0.5) is 11.4 Å². The summed E-state index contributed by atoms with van der Waals surface area (Å²) in [5, 5.41) is 0. The summed E-state index contributed by atoms with van der Waals surface area (Å²) in [6.45, 7) is 16.7. The van der Waals surface area contributed by atoms with E-state index in [2.05, 4.69) is 78.8 Å². The molecule has 168 valence electrons. The van der Waals surface area contributed by atoms with Crippen molar-refractivity contribution >= 4 is 11.4 Å². The van der Waals surface area contributed by atoms with E-state index in [0.717, 1.165) is 63.9 Å². The van der Waals surface area contributed by atoms with Gasteiger partial charge < -0.3 is 15.4 Å². The highest BCUT2D eigenvalue weighted by atomic mass is 16.5. The molecule has 2 N–H and O–H groups in total. The molecular weight excluding hydrogens is 384 g/mol. The van der Waals surface area contributed by atoms with Crippen LogP contribution in [-0.2, 0) is 4.74 Å². The Balaban J connectivity index is 1.65. The normalized spacial score (nSPS) is 19.7. The van der Waals surface area contributed by atoms with Crippen LogP contribution in [0.3, 0.4) is 0 Å². The summed E-state index contributed by atoms with van der Waals surface area (Å²) in [7, 11) is 0. The average Bonchev–Trinajstić information content (AvgIpc) is 2.77. The van der Waals surface area contributed by atoms with Gasteiger partial charge in [0, 0.05) is 45.3 Å². The molecule has 0 spiro atoms. The molecule has 0 aliphatic carbocycles. The molecule has 1 atom stereocenters. The standard InChI is InChI=1S/C26H38N4O/c1-19(2)28-9-11-30(12-10-28)26(22-6-5-20(3)21(4)17-22)23-7-8-25(24(27)18-23)29-13-15-31-16-14-29/h5-8,17-19,26H,9-16,27H2,1-4H3. The van der Waals surface area contributed by atoms with Gasteiger partial charge in [0.05, 0.1) is 30.6 Å². The minimum atomic E-state index is 0.231. The van der Waals surface area contributed by atoms with Crippen molar-refractivity contribution in [2.75, 3.05) is 63.1 Å².